The number of esters is 2. The fraction of sp³-hybridized carbons (Fsp3) is 0.227. The van der Waals surface area contributed by atoms with Crippen LogP contribution in [0.15, 0.2) is 53.2 Å². The lowest BCUT2D eigenvalue weighted by Gasteiger charge is -2.11. The van der Waals surface area contributed by atoms with E-state index in [2.05, 4.69) is 9.73 Å². The molecule has 3 rings (SSSR count). The molecule has 0 aliphatic carbocycles. The number of methoxy groups -OCH3 is 1. The minimum absolute atomic E-state index is 0.189. The maximum atomic E-state index is 12.2. The minimum atomic E-state index is -0.521. The first-order chi connectivity index (χ1) is 14.0. The summed E-state index contributed by atoms with van der Waals surface area (Å²) in [6.07, 6.45) is 1.61. The Hall–Kier alpha value is -3.61. The maximum Gasteiger partial charge on any atom is 0.363 e. The second-order valence-electron chi connectivity index (χ2n) is 6.15. The SMILES string of the molecule is CCOc1cc(/C=C2/N=C(c3ccccc3C)OC2=O)ccc1OCC(=O)OC. The van der Waals surface area contributed by atoms with Gasteiger partial charge in [-0.05, 0) is 49.2 Å². The van der Waals surface area contributed by atoms with Crippen LogP contribution >= 0.6 is 0 Å². The number of carbonyl (C=O) groups excluding carboxylic acids is 2. The van der Waals surface area contributed by atoms with E-state index in [0.717, 1.165) is 11.1 Å². The molecule has 2 aromatic rings. The van der Waals surface area contributed by atoms with Crippen molar-refractivity contribution >= 4 is 23.9 Å². The fourth-order valence-corrected chi connectivity index (χ4v) is 2.69. The van der Waals surface area contributed by atoms with Crippen LogP contribution in [-0.2, 0) is 19.1 Å². The van der Waals surface area contributed by atoms with Gasteiger partial charge in [-0.2, -0.15) is 0 Å². The summed E-state index contributed by atoms with van der Waals surface area (Å²) in [7, 11) is 1.29. The lowest BCUT2D eigenvalue weighted by Crippen LogP contribution is -2.13. The highest BCUT2D eigenvalue weighted by Gasteiger charge is 2.25. The normalized spacial score (nSPS) is 14.4. The Bertz CT molecular complexity index is 993. The molecule has 0 fully saturated rings. The Balaban J connectivity index is 1.87. The van der Waals surface area contributed by atoms with Gasteiger partial charge < -0.3 is 18.9 Å². The third-order valence-corrected chi connectivity index (χ3v) is 4.14. The first kappa shape index (κ1) is 20.1. The second-order valence-corrected chi connectivity index (χ2v) is 6.15. The molecule has 2 aromatic carbocycles. The van der Waals surface area contributed by atoms with Crippen LogP contribution < -0.4 is 9.47 Å². The van der Waals surface area contributed by atoms with Crippen molar-refractivity contribution in [2.75, 3.05) is 20.3 Å². The predicted octanol–water partition coefficient (Wildman–Crippen LogP) is 3.29. The van der Waals surface area contributed by atoms with E-state index in [-0.39, 0.29) is 18.2 Å². The highest BCUT2D eigenvalue weighted by atomic mass is 16.6. The lowest BCUT2D eigenvalue weighted by atomic mass is 10.1. The topological polar surface area (TPSA) is 83.4 Å². The molecule has 0 bridgehead atoms. The number of rotatable bonds is 7. The average Bonchev–Trinajstić information content (AvgIpc) is 3.07. The second kappa shape index (κ2) is 9.05. The van der Waals surface area contributed by atoms with E-state index >= 15 is 0 Å². The maximum absolute atomic E-state index is 12.2. The Morgan fingerprint density at radius 3 is 2.66 bits per heavy atom. The van der Waals surface area contributed by atoms with Crippen LogP contribution in [0.25, 0.3) is 6.08 Å². The molecule has 1 aliphatic rings. The number of aliphatic imine (C=N–C) groups is 1. The smallest absolute Gasteiger partial charge is 0.363 e. The van der Waals surface area contributed by atoms with Gasteiger partial charge in [-0.1, -0.05) is 24.3 Å². The third kappa shape index (κ3) is 4.82. The van der Waals surface area contributed by atoms with Crippen molar-refractivity contribution in [1.29, 1.82) is 0 Å². The van der Waals surface area contributed by atoms with Crippen LogP contribution in [0.4, 0.5) is 0 Å². The summed E-state index contributed by atoms with van der Waals surface area (Å²) >= 11 is 0. The molecule has 7 heteroatoms. The Kier molecular flexibility index (Phi) is 6.29. The molecule has 0 saturated carbocycles. The molecule has 0 saturated heterocycles. The number of cyclic esters (lactones) is 1. The summed E-state index contributed by atoms with van der Waals surface area (Å²) in [5.41, 5.74) is 2.60. The predicted molar refractivity (Wildman–Crippen MR) is 107 cm³/mol. The molecular formula is C22H21NO6. The number of carbonyl (C=O) groups is 2. The molecule has 1 aliphatic heterocycles. The van der Waals surface area contributed by atoms with Crippen molar-refractivity contribution < 1.29 is 28.5 Å². The van der Waals surface area contributed by atoms with Crippen LogP contribution in [0.1, 0.15) is 23.6 Å². The van der Waals surface area contributed by atoms with Gasteiger partial charge in [0.2, 0.25) is 5.90 Å². The van der Waals surface area contributed by atoms with Crippen molar-refractivity contribution in [2.24, 2.45) is 4.99 Å². The first-order valence-corrected chi connectivity index (χ1v) is 9.07. The molecule has 0 aromatic heterocycles. The van der Waals surface area contributed by atoms with Gasteiger partial charge >= 0.3 is 11.9 Å². The zero-order valence-electron chi connectivity index (χ0n) is 16.4. The fourth-order valence-electron chi connectivity index (χ4n) is 2.69. The first-order valence-electron chi connectivity index (χ1n) is 9.07. The van der Waals surface area contributed by atoms with Crippen LogP contribution in [0.2, 0.25) is 0 Å². The minimum Gasteiger partial charge on any atom is -0.490 e. The molecule has 150 valence electrons. The van der Waals surface area contributed by atoms with Crippen LogP contribution in [0.5, 0.6) is 11.5 Å². The van der Waals surface area contributed by atoms with Crippen LogP contribution in [0, 0.1) is 6.92 Å². The molecule has 1 heterocycles. The molecule has 0 radical (unpaired) electrons. The quantitative estimate of drug-likeness (QED) is 0.528. The third-order valence-electron chi connectivity index (χ3n) is 4.14. The largest absolute Gasteiger partial charge is 0.490 e. The summed E-state index contributed by atoms with van der Waals surface area (Å²) < 4.78 is 20.9. The van der Waals surface area contributed by atoms with Crippen molar-refractivity contribution in [1.82, 2.24) is 0 Å². The van der Waals surface area contributed by atoms with E-state index in [4.69, 9.17) is 14.2 Å². The number of benzene rings is 2. The monoisotopic (exact) mass is 395 g/mol. The zero-order valence-corrected chi connectivity index (χ0v) is 16.4. The molecule has 0 unspecified atom stereocenters. The summed E-state index contributed by atoms with van der Waals surface area (Å²) in [5, 5.41) is 0. The highest BCUT2D eigenvalue weighted by Crippen LogP contribution is 2.30. The summed E-state index contributed by atoms with van der Waals surface area (Å²) in [6.45, 7) is 3.94. The van der Waals surface area contributed by atoms with Crippen LogP contribution in [-0.4, -0.2) is 38.2 Å². The van der Waals surface area contributed by atoms with Gasteiger partial charge in [0.25, 0.3) is 0 Å². The van der Waals surface area contributed by atoms with E-state index in [0.29, 0.717) is 23.7 Å². The Morgan fingerprint density at radius 2 is 1.93 bits per heavy atom. The molecule has 0 atom stereocenters. The van der Waals surface area contributed by atoms with Gasteiger partial charge in [-0.25, -0.2) is 14.6 Å². The van der Waals surface area contributed by atoms with E-state index in [1.165, 1.54) is 7.11 Å². The summed E-state index contributed by atoms with van der Waals surface area (Å²) in [5.74, 6) is 0.109. The lowest BCUT2D eigenvalue weighted by molar-refractivity contribution is -0.143. The molecule has 7 nitrogen and oxygen atoms in total. The van der Waals surface area contributed by atoms with E-state index < -0.39 is 11.9 Å². The Labute approximate surface area is 168 Å². The molecule has 0 N–H and O–H groups in total. The molecular weight excluding hydrogens is 374 g/mol. The zero-order chi connectivity index (χ0) is 20.8. The van der Waals surface area contributed by atoms with Gasteiger partial charge in [0, 0.05) is 5.56 Å². The van der Waals surface area contributed by atoms with Crippen molar-refractivity contribution in [3.05, 3.63) is 64.9 Å². The van der Waals surface area contributed by atoms with Crippen molar-refractivity contribution in [3.63, 3.8) is 0 Å². The average molecular weight is 395 g/mol. The molecule has 29 heavy (non-hydrogen) atoms. The Morgan fingerprint density at radius 1 is 1.14 bits per heavy atom. The van der Waals surface area contributed by atoms with Crippen molar-refractivity contribution in [3.8, 4) is 11.5 Å². The number of aryl methyl sites for hydroxylation is 1. The van der Waals surface area contributed by atoms with Gasteiger partial charge in [-0.3, -0.25) is 0 Å². The van der Waals surface area contributed by atoms with E-state index in [9.17, 15) is 9.59 Å². The van der Waals surface area contributed by atoms with Gasteiger partial charge in [-0.15, -0.1) is 0 Å². The number of hydrogen-bond donors (Lipinski definition) is 0. The van der Waals surface area contributed by atoms with Crippen molar-refractivity contribution in [2.45, 2.75) is 13.8 Å². The standard InChI is InChI=1S/C22H21NO6/c1-4-27-19-12-15(9-10-18(19)28-13-20(24)26-3)11-17-22(25)29-21(23-17)16-8-6-5-7-14(16)2/h5-12H,4,13H2,1-3H3/b17-11+. The van der Waals surface area contributed by atoms with Gasteiger partial charge in [0.1, 0.15) is 0 Å². The summed E-state index contributed by atoms with van der Waals surface area (Å²) in [6, 6.07) is 12.6. The van der Waals surface area contributed by atoms with E-state index in [1.54, 1.807) is 24.3 Å². The number of nitrogens with zero attached hydrogens (tertiary/aromatic N) is 1. The van der Waals surface area contributed by atoms with E-state index in [1.807, 2.05) is 38.1 Å². The highest BCUT2D eigenvalue weighted by molar-refractivity contribution is 6.13. The summed E-state index contributed by atoms with van der Waals surface area (Å²) in [4.78, 5) is 27.9. The molecule has 0 amide bonds. The van der Waals surface area contributed by atoms with Gasteiger partial charge in [0.15, 0.2) is 23.8 Å². The van der Waals surface area contributed by atoms with Gasteiger partial charge in [0.05, 0.1) is 13.7 Å². The number of ether oxygens (including phenoxy) is 4. The van der Waals surface area contributed by atoms with Crippen LogP contribution in [0.3, 0.4) is 0 Å². The number of hydrogen-bond acceptors (Lipinski definition) is 7. The molecule has 0 spiro atoms.